The van der Waals surface area contributed by atoms with Crippen molar-refractivity contribution in [3.8, 4) is 5.75 Å². The Kier molecular flexibility index (Phi) is 7.09. The highest BCUT2D eigenvalue weighted by Crippen LogP contribution is 2.46. The fourth-order valence-corrected chi connectivity index (χ4v) is 6.58. The van der Waals surface area contributed by atoms with Crippen molar-refractivity contribution in [2.75, 3.05) is 7.11 Å². The van der Waals surface area contributed by atoms with Crippen LogP contribution in [0.4, 0.5) is 0 Å². The molecule has 0 saturated heterocycles. The van der Waals surface area contributed by atoms with Crippen molar-refractivity contribution >= 4 is 34.1 Å². The van der Waals surface area contributed by atoms with E-state index in [4.69, 9.17) is 13.9 Å². The van der Waals surface area contributed by atoms with E-state index >= 15 is 0 Å². The van der Waals surface area contributed by atoms with E-state index in [-0.39, 0.29) is 34.9 Å². The number of carbonyl (C=O) groups is 2. The first-order valence-electron chi connectivity index (χ1n) is 13.4. The number of hydrogen-bond donors (Lipinski definition) is 1. The number of methoxy groups -OCH3 is 1. The number of ketones is 1. The molecule has 2 aliphatic rings. The Hall–Kier alpha value is -4.43. The highest BCUT2D eigenvalue weighted by Gasteiger charge is 2.43. The van der Waals surface area contributed by atoms with Crippen molar-refractivity contribution in [1.29, 1.82) is 0 Å². The summed E-state index contributed by atoms with van der Waals surface area (Å²) in [6.07, 6.45) is 2.29. The van der Waals surface area contributed by atoms with Crippen molar-refractivity contribution in [3.05, 3.63) is 121 Å². The molecule has 1 aliphatic carbocycles. The molecule has 0 spiro atoms. The highest BCUT2D eigenvalue weighted by atomic mass is 32.1. The monoisotopic (exact) mass is 567 g/mol. The molecule has 8 heteroatoms. The molecule has 4 aromatic rings. The van der Waals surface area contributed by atoms with Gasteiger partial charge in [-0.2, -0.15) is 0 Å². The van der Waals surface area contributed by atoms with Gasteiger partial charge in [-0.05, 0) is 61.5 Å². The topological polar surface area (TPSA) is 94.8 Å². The lowest BCUT2D eigenvalue weighted by atomic mass is 9.73. The van der Waals surface area contributed by atoms with Crippen LogP contribution in [-0.4, -0.2) is 18.9 Å². The van der Waals surface area contributed by atoms with Crippen LogP contribution in [0.5, 0.6) is 5.75 Å². The molecular formula is C33H29NO6S. The standard InChI is InChI=1S/C33H29NO6S/c1-18-6-11-27-23(13-18)32(36)24(17-39-27)30-29(33(37)40-16-20-7-9-22(38-3)10-8-20)19(2)34-25-14-21(15-26(35)31(25)30)28-5-4-12-41-28/h4-13,17,21,30,34H,14-16H2,1-3H3/t21-,30+/m1/s1. The number of thiophene rings is 1. The summed E-state index contributed by atoms with van der Waals surface area (Å²) in [5, 5.41) is 5.76. The molecule has 0 amide bonds. The van der Waals surface area contributed by atoms with Crippen LogP contribution >= 0.6 is 11.3 Å². The van der Waals surface area contributed by atoms with E-state index in [0.717, 1.165) is 21.7 Å². The number of dihydropyridines is 1. The lowest BCUT2D eigenvalue weighted by Gasteiger charge is -2.36. The van der Waals surface area contributed by atoms with Gasteiger partial charge in [0.15, 0.2) is 11.2 Å². The zero-order valence-electron chi connectivity index (χ0n) is 23.0. The van der Waals surface area contributed by atoms with Crippen molar-refractivity contribution in [2.45, 2.75) is 45.1 Å². The third-order valence-electron chi connectivity index (χ3n) is 7.79. The molecule has 0 bridgehead atoms. The molecule has 0 radical (unpaired) electrons. The lowest BCUT2D eigenvalue weighted by Crippen LogP contribution is -2.37. The number of ether oxygens (including phenoxy) is 2. The minimum Gasteiger partial charge on any atom is -0.497 e. The summed E-state index contributed by atoms with van der Waals surface area (Å²) in [4.78, 5) is 42.7. The van der Waals surface area contributed by atoms with Crippen LogP contribution in [-0.2, 0) is 20.9 Å². The van der Waals surface area contributed by atoms with Gasteiger partial charge in [-0.25, -0.2) is 4.79 Å². The van der Waals surface area contributed by atoms with Crippen molar-refractivity contribution < 1.29 is 23.5 Å². The molecule has 1 N–H and O–H groups in total. The van der Waals surface area contributed by atoms with E-state index in [1.54, 1.807) is 49.6 Å². The Morgan fingerprint density at radius 3 is 2.61 bits per heavy atom. The molecule has 6 rings (SSSR count). The van der Waals surface area contributed by atoms with Crippen molar-refractivity contribution in [1.82, 2.24) is 5.32 Å². The van der Waals surface area contributed by atoms with Gasteiger partial charge < -0.3 is 19.2 Å². The van der Waals surface area contributed by atoms with E-state index < -0.39 is 11.9 Å². The van der Waals surface area contributed by atoms with Crippen LogP contribution in [0.1, 0.15) is 53.2 Å². The largest absolute Gasteiger partial charge is 0.497 e. The second kappa shape index (κ2) is 10.9. The average molecular weight is 568 g/mol. The smallest absolute Gasteiger partial charge is 0.337 e. The number of nitrogens with one attached hydrogen (secondary N) is 1. The first-order valence-corrected chi connectivity index (χ1v) is 14.3. The SMILES string of the molecule is COc1ccc(COC(=O)C2=C(C)NC3=C(C(=O)C[C@H](c4cccs4)C3)[C@H]2c2coc3ccc(C)cc3c2=O)cc1. The van der Waals surface area contributed by atoms with E-state index in [9.17, 15) is 14.4 Å². The third kappa shape index (κ3) is 5.00. The molecule has 7 nitrogen and oxygen atoms in total. The van der Waals surface area contributed by atoms with Gasteiger partial charge in [0, 0.05) is 39.7 Å². The summed E-state index contributed by atoms with van der Waals surface area (Å²) < 4.78 is 16.9. The zero-order chi connectivity index (χ0) is 28.7. The van der Waals surface area contributed by atoms with Crippen molar-refractivity contribution in [2.24, 2.45) is 0 Å². The van der Waals surface area contributed by atoms with Crippen LogP contribution < -0.4 is 15.5 Å². The maximum atomic E-state index is 13.9. The summed E-state index contributed by atoms with van der Waals surface area (Å²) in [5.41, 5.74) is 4.07. The summed E-state index contributed by atoms with van der Waals surface area (Å²) in [5.74, 6) is -0.878. The molecule has 1 aliphatic heterocycles. The van der Waals surface area contributed by atoms with Gasteiger partial charge in [0.25, 0.3) is 0 Å². The van der Waals surface area contributed by atoms with E-state index in [1.165, 1.54) is 6.26 Å². The Morgan fingerprint density at radius 2 is 1.88 bits per heavy atom. The minimum absolute atomic E-state index is 0.0259. The van der Waals surface area contributed by atoms with Crippen LogP contribution in [0.15, 0.2) is 98.0 Å². The van der Waals surface area contributed by atoms with Crippen LogP contribution in [0, 0.1) is 6.92 Å². The lowest BCUT2D eigenvalue weighted by molar-refractivity contribution is -0.140. The van der Waals surface area contributed by atoms with Gasteiger partial charge in [0.05, 0.1) is 30.3 Å². The molecule has 41 heavy (non-hydrogen) atoms. The van der Waals surface area contributed by atoms with Gasteiger partial charge >= 0.3 is 5.97 Å². The minimum atomic E-state index is -0.910. The second-order valence-electron chi connectivity index (χ2n) is 10.5. The Labute approximate surface area is 241 Å². The summed E-state index contributed by atoms with van der Waals surface area (Å²) >= 11 is 1.62. The number of benzene rings is 2. The quantitative estimate of drug-likeness (QED) is 0.274. The maximum absolute atomic E-state index is 13.9. The normalized spacial score (nSPS) is 18.8. The molecule has 3 heterocycles. The third-order valence-corrected chi connectivity index (χ3v) is 8.82. The number of Topliss-reactive ketones (excluding diaryl/α,β-unsaturated/α-hetero) is 1. The molecule has 0 saturated carbocycles. The maximum Gasteiger partial charge on any atom is 0.337 e. The number of rotatable bonds is 6. The fourth-order valence-electron chi connectivity index (χ4n) is 5.75. The number of esters is 1. The predicted molar refractivity (Wildman–Crippen MR) is 157 cm³/mol. The number of carbonyl (C=O) groups excluding carboxylic acids is 2. The van der Waals surface area contributed by atoms with Crippen LogP contribution in [0.25, 0.3) is 11.0 Å². The molecule has 0 fully saturated rings. The Bertz CT molecular complexity index is 1780. The van der Waals surface area contributed by atoms with E-state index in [2.05, 4.69) is 5.32 Å². The zero-order valence-corrected chi connectivity index (χ0v) is 23.8. The average Bonchev–Trinajstić information content (AvgIpc) is 3.51. The van der Waals surface area contributed by atoms with E-state index in [1.807, 2.05) is 42.6 Å². The molecule has 208 valence electrons. The molecular weight excluding hydrogens is 538 g/mol. The number of aryl methyl sites for hydroxylation is 1. The summed E-state index contributed by atoms with van der Waals surface area (Å²) in [7, 11) is 1.59. The highest BCUT2D eigenvalue weighted by molar-refractivity contribution is 7.10. The molecule has 2 aromatic heterocycles. The molecule has 0 unspecified atom stereocenters. The second-order valence-corrected chi connectivity index (χ2v) is 11.5. The van der Waals surface area contributed by atoms with Gasteiger partial charge in [0.2, 0.25) is 0 Å². The Morgan fingerprint density at radius 1 is 1.07 bits per heavy atom. The van der Waals surface area contributed by atoms with Crippen LogP contribution in [0.3, 0.4) is 0 Å². The fraction of sp³-hybridized carbons (Fsp3) is 0.242. The number of allylic oxidation sites excluding steroid dienone is 3. The predicted octanol–water partition coefficient (Wildman–Crippen LogP) is 6.28. The number of fused-ring (bicyclic) bond motifs is 1. The summed E-state index contributed by atoms with van der Waals surface area (Å²) in [6.45, 7) is 3.71. The van der Waals surface area contributed by atoms with Crippen LogP contribution in [0.2, 0.25) is 0 Å². The molecule has 2 atom stereocenters. The van der Waals surface area contributed by atoms with Gasteiger partial charge in [-0.3, -0.25) is 9.59 Å². The summed E-state index contributed by atoms with van der Waals surface area (Å²) in [6, 6.07) is 16.7. The number of hydrogen-bond acceptors (Lipinski definition) is 8. The van der Waals surface area contributed by atoms with Crippen molar-refractivity contribution in [3.63, 3.8) is 0 Å². The Balaban J connectivity index is 1.43. The van der Waals surface area contributed by atoms with Gasteiger partial charge in [0.1, 0.15) is 17.9 Å². The first-order chi connectivity index (χ1) is 19.8. The molecule has 2 aromatic carbocycles. The first kappa shape index (κ1) is 26.8. The van der Waals surface area contributed by atoms with Gasteiger partial charge in [-0.1, -0.05) is 29.8 Å². The van der Waals surface area contributed by atoms with Gasteiger partial charge in [-0.15, -0.1) is 11.3 Å². The van der Waals surface area contributed by atoms with E-state index in [0.29, 0.717) is 40.8 Å².